The van der Waals surface area contributed by atoms with Gasteiger partial charge in [0, 0.05) is 19.1 Å². The van der Waals surface area contributed by atoms with Crippen LogP contribution in [0.4, 0.5) is 0 Å². The highest BCUT2D eigenvalue weighted by Gasteiger charge is 2.35. The van der Waals surface area contributed by atoms with Crippen LogP contribution in [0.3, 0.4) is 0 Å². The highest BCUT2D eigenvalue weighted by atomic mass is 16.3. The lowest BCUT2D eigenvalue weighted by Gasteiger charge is -2.35. The lowest BCUT2D eigenvalue weighted by atomic mass is 9.92. The molecule has 1 aromatic rings. The smallest absolute Gasteiger partial charge is 0.114 e. The molecule has 2 rings (SSSR count). The van der Waals surface area contributed by atoms with Gasteiger partial charge in [-0.3, -0.25) is 0 Å². The van der Waals surface area contributed by atoms with E-state index in [2.05, 4.69) is 18.9 Å². The molecule has 2 atom stereocenters. The van der Waals surface area contributed by atoms with E-state index in [0.29, 0.717) is 12.6 Å². The van der Waals surface area contributed by atoms with E-state index in [1.54, 1.807) is 0 Å². The van der Waals surface area contributed by atoms with E-state index in [-0.39, 0.29) is 6.54 Å². The van der Waals surface area contributed by atoms with Gasteiger partial charge in [0.25, 0.3) is 0 Å². The van der Waals surface area contributed by atoms with Crippen molar-refractivity contribution < 1.29 is 5.11 Å². The van der Waals surface area contributed by atoms with Crippen LogP contribution in [0.1, 0.15) is 25.3 Å². The van der Waals surface area contributed by atoms with Crippen LogP contribution in [0, 0.1) is 5.92 Å². The minimum absolute atomic E-state index is 0.249. The molecule has 0 saturated heterocycles. The Morgan fingerprint density at radius 1 is 1.39 bits per heavy atom. The van der Waals surface area contributed by atoms with Gasteiger partial charge >= 0.3 is 0 Å². The monoisotopic (exact) mass is 248 g/mol. The lowest BCUT2D eigenvalue weighted by Crippen LogP contribution is -2.47. The third-order valence-electron chi connectivity index (χ3n) is 4.16. The van der Waals surface area contributed by atoms with Gasteiger partial charge in [-0.05, 0) is 38.3 Å². The lowest BCUT2D eigenvalue weighted by molar-refractivity contribution is 0.00218. The average molecular weight is 248 g/mol. The number of hydrogen-bond acceptors (Lipinski definition) is 3. The van der Waals surface area contributed by atoms with Crippen LogP contribution in [0.15, 0.2) is 30.3 Å². The standard InChI is InChI=1S/C15H24N2O/c1-12(13-8-9-13)17(2)11-15(18,10-16)14-6-4-3-5-7-14/h3-7,12-13,18H,8-11,16H2,1-2H3. The predicted octanol–water partition coefficient (Wildman–Crippen LogP) is 1.56. The van der Waals surface area contributed by atoms with E-state index >= 15 is 0 Å². The second-order valence-electron chi connectivity index (χ2n) is 5.59. The molecule has 0 radical (unpaired) electrons. The Morgan fingerprint density at radius 3 is 2.50 bits per heavy atom. The van der Waals surface area contributed by atoms with Crippen LogP contribution in [-0.2, 0) is 5.60 Å². The maximum absolute atomic E-state index is 10.7. The number of hydrogen-bond donors (Lipinski definition) is 2. The zero-order valence-corrected chi connectivity index (χ0v) is 11.3. The summed E-state index contributed by atoms with van der Waals surface area (Å²) >= 11 is 0. The molecule has 100 valence electrons. The number of likely N-dealkylation sites (N-methyl/N-ethyl adjacent to an activating group) is 1. The van der Waals surface area contributed by atoms with Crippen molar-refractivity contribution in [2.24, 2.45) is 11.7 Å². The van der Waals surface area contributed by atoms with E-state index in [9.17, 15) is 5.11 Å². The second-order valence-corrected chi connectivity index (χ2v) is 5.59. The van der Waals surface area contributed by atoms with Crippen LogP contribution in [-0.4, -0.2) is 36.2 Å². The molecule has 0 bridgehead atoms. The van der Waals surface area contributed by atoms with Gasteiger partial charge in [-0.15, -0.1) is 0 Å². The van der Waals surface area contributed by atoms with Crippen LogP contribution in [0.25, 0.3) is 0 Å². The van der Waals surface area contributed by atoms with Gasteiger partial charge in [0.15, 0.2) is 0 Å². The molecule has 3 N–H and O–H groups in total. The number of rotatable bonds is 6. The molecule has 0 aromatic heterocycles. The Labute approximate surface area is 110 Å². The van der Waals surface area contributed by atoms with Crippen molar-refractivity contribution in [3.63, 3.8) is 0 Å². The summed E-state index contributed by atoms with van der Waals surface area (Å²) in [7, 11) is 2.08. The molecule has 1 saturated carbocycles. The van der Waals surface area contributed by atoms with E-state index in [4.69, 9.17) is 5.73 Å². The summed E-state index contributed by atoms with van der Waals surface area (Å²) in [4.78, 5) is 2.23. The maximum atomic E-state index is 10.7. The summed E-state index contributed by atoms with van der Waals surface area (Å²) in [6.45, 7) is 3.07. The minimum Gasteiger partial charge on any atom is -0.382 e. The summed E-state index contributed by atoms with van der Waals surface area (Å²) in [5.74, 6) is 0.799. The van der Waals surface area contributed by atoms with Gasteiger partial charge in [0.05, 0.1) is 0 Å². The Kier molecular flexibility index (Phi) is 4.05. The van der Waals surface area contributed by atoms with Gasteiger partial charge < -0.3 is 15.7 Å². The number of aliphatic hydroxyl groups is 1. The van der Waals surface area contributed by atoms with E-state index in [1.165, 1.54) is 12.8 Å². The quantitative estimate of drug-likeness (QED) is 0.803. The first-order valence-corrected chi connectivity index (χ1v) is 6.75. The highest BCUT2D eigenvalue weighted by Crippen LogP contribution is 2.35. The first-order chi connectivity index (χ1) is 8.57. The van der Waals surface area contributed by atoms with Gasteiger partial charge in [-0.1, -0.05) is 30.3 Å². The minimum atomic E-state index is -0.945. The van der Waals surface area contributed by atoms with Crippen molar-refractivity contribution in [2.75, 3.05) is 20.1 Å². The third kappa shape index (κ3) is 2.91. The molecule has 1 aliphatic rings. The Bertz CT molecular complexity index is 377. The molecule has 3 heteroatoms. The van der Waals surface area contributed by atoms with E-state index in [1.807, 2.05) is 30.3 Å². The highest BCUT2D eigenvalue weighted by molar-refractivity contribution is 5.23. The first-order valence-electron chi connectivity index (χ1n) is 6.75. The third-order valence-corrected chi connectivity index (χ3v) is 4.16. The normalized spacial score (nSPS) is 20.7. The molecule has 1 fully saturated rings. The summed E-state index contributed by atoms with van der Waals surface area (Å²) < 4.78 is 0. The maximum Gasteiger partial charge on any atom is 0.114 e. The van der Waals surface area contributed by atoms with Gasteiger partial charge in [0.1, 0.15) is 5.60 Å². The van der Waals surface area contributed by atoms with Gasteiger partial charge in [-0.25, -0.2) is 0 Å². The van der Waals surface area contributed by atoms with Gasteiger partial charge in [0.2, 0.25) is 0 Å². The number of benzene rings is 1. The molecule has 3 nitrogen and oxygen atoms in total. The van der Waals surface area contributed by atoms with Crippen molar-refractivity contribution in [1.82, 2.24) is 4.90 Å². The van der Waals surface area contributed by atoms with Gasteiger partial charge in [-0.2, -0.15) is 0 Å². The largest absolute Gasteiger partial charge is 0.382 e. The number of nitrogens with zero attached hydrogens (tertiary/aromatic N) is 1. The summed E-state index contributed by atoms with van der Waals surface area (Å²) in [5, 5.41) is 10.7. The van der Waals surface area contributed by atoms with E-state index < -0.39 is 5.60 Å². The fraction of sp³-hybridized carbons (Fsp3) is 0.600. The molecule has 2 unspecified atom stereocenters. The molecule has 1 aromatic carbocycles. The van der Waals surface area contributed by atoms with Crippen molar-refractivity contribution in [3.8, 4) is 0 Å². The zero-order valence-electron chi connectivity index (χ0n) is 11.3. The fourth-order valence-corrected chi connectivity index (χ4v) is 2.52. The SMILES string of the molecule is CC(C1CC1)N(C)CC(O)(CN)c1ccccc1. The van der Waals surface area contributed by atoms with Crippen molar-refractivity contribution in [3.05, 3.63) is 35.9 Å². The predicted molar refractivity (Wildman–Crippen MR) is 74.2 cm³/mol. The molecule has 18 heavy (non-hydrogen) atoms. The van der Waals surface area contributed by atoms with Crippen LogP contribution < -0.4 is 5.73 Å². The molecule has 1 aliphatic carbocycles. The van der Waals surface area contributed by atoms with Crippen LogP contribution >= 0.6 is 0 Å². The second kappa shape index (κ2) is 5.39. The molecule has 0 amide bonds. The number of nitrogens with two attached hydrogens (primary N) is 1. The fourth-order valence-electron chi connectivity index (χ4n) is 2.52. The molecular formula is C15H24N2O. The zero-order chi connectivity index (χ0) is 13.2. The average Bonchev–Trinajstić information content (AvgIpc) is 3.23. The Morgan fingerprint density at radius 2 is 2.00 bits per heavy atom. The van der Waals surface area contributed by atoms with Crippen molar-refractivity contribution >= 4 is 0 Å². The first kappa shape index (κ1) is 13.5. The van der Waals surface area contributed by atoms with Crippen LogP contribution in [0.2, 0.25) is 0 Å². The Hall–Kier alpha value is -0.900. The summed E-state index contributed by atoms with van der Waals surface area (Å²) in [6.07, 6.45) is 2.63. The molecule has 0 aliphatic heterocycles. The van der Waals surface area contributed by atoms with E-state index in [0.717, 1.165) is 11.5 Å². The molecule has 0 spiro atoms. The van der Waals surface area contributed by atoms with Crippen molar-refractivity contribution in [2.45, 2.75) is 31.4 Å². The Balaban J connectivity index is 2.07. The van der Waals surface area contributed by atoms with Crippen LogP contribution in [0.5, 0.6) is 0 Å². The molecular weight excluding hydrogens is 224 g/mol. The summed E-state index contributed by atoms with van der Waals surface area (Å²) in [6, 6.07) is 10.3. The van der Waals surface area contributed by atoms with Crippen molar-refractivity contribution in [1.29, 1.82) is 0 Å². The summed E-state index contributed by atoms with van der Waals surface area (Å²) in [5.41, 5.74) is 5.76. The molecule has 0 heterocycles. The topological polar surface area (TPSA) is 49.5 Å².